The Balaban J connectivity index is 1.48. The summed E-state index contributed by atoms with van der Waals surface area (Å²) in [7, 11) is 0. The largest absolute Gasteiger partial charge is 0.378 e. The van der Waals surface area contributed by atoms with Crippen LogP contribution in [-0.4, -0.2) is 35.3 Å². The van der Waals surface area contributed by atoms with Crippen molar-refractivity contribution in [2.24, 2.45) is 0 Å². The first-order valence-electron chi connectivity index (χ1n) is 12.0. The molecule has 6 rings (SSSR count). The Labute approximate surface area is 214 Å². The first kappa shape index (κ1) is 22.4. The highest BCUT2D eigenvalue weighted by Crippen LogP contribution is 2.38. The van der Waals surface area contributed by atoms with Gasteiger partial charge in [-0.2, -0.15) is 5.26 Å². The smallest absolute Gasteiger partial charge is 0.151 e. The van der Waals surface area contributed by atoms with Crippen LogP contribution in [0, 0.1) is 11.3 Å². The molecule has 1 aliphatic rings. The molecule has 3 heterocycles. The summed E-state index contributed by atoms with van der Waals surface area (Å²) in [6.07, 6.45) is 1.85. The lowest BCUT2D eigenvalue weighted by Gasteiger charge is -2.28. The highest BCUT2D eigenvalue weighted by molar-refractivity contribution is 7.98. The topological polar surface area (TPSA) is 54.1 Å². The first-order valence-corrected chi connectivity index (χ1v) is 12.7. The van der Waals surface area contributed by atoms with Gasteiger partial charge in [-0.3, -0.25) is 3.97 Å². The second-order valence-corrected chi connectivity index (χ2v) is 9.68. The predicted octanol–water partition coefficient (Wildman–Crippen LogP) is 6.63. The minimum atomic E-state index is 0.648. The summed E-state index contributed by atoms with van der Waals surface area (Å²) >= 11 is 1.66. The number of hydrogen-bond donors (Lipinski definition) is 0. The van der Waals surface area contributed by atoms with Crippen molar-refractivity contribution in [1.82, 2.24) is 8.96 Å². The van der Waals surface area contributed by atoms with Gasteiger partial charge in [-0.1, -0.05) is 42.5 Å². The molecule has 0 atom stereocenters. The lowest BCUT2D eigenvalue weighted by molar-refractivity contribution is 0.122. The predicted molar refractivity (Wildman–Crippen MR) is 146 cm³/mol. The lowest BCUT2D eigenvalue weighted by Crippen LogP contribution is -2.36. The molecule has 2 aromatic heterocycles. The zero-order chi connectivity index (χ0) is 24.3. The Morgan fingerprint density at radius 2 is 1.64 bits per heavy atom. The first-order chi connectivity index (χ1) is 17.8. The number of aromatic nitrogens is 2. The van der Waals surface area contributed by atoms with E-state index in [4.69, 9.17) is 9.72 Å². The molecule has 3 aromatic carbocycles. The average molecular weight is 489 g/mol. The third kappa shape index (κ3) is 4.35. The van der Waals surface area contributed by atoms with Gasteiger partial charge in [-0.15, -0.1) is 0 Å². The number of hydrogen-bond acceptors (Lipinski definition) is 5. The van der Waals surface area contributed by atoms with E-state index in [1.165, 1.54) is 5.69 Å². The molecular formula is C30H24N4OS. The highest BCUT2D eigenvalue weighted by Gasteiger charge is 2.18. The number of benzene rings is 3. The fourth-order valence-electron chi connectivity index (χ4n) is 4.63. The van der Waals surface area contributed by atoms with Crippen molar-refractivity contribution in [2.75, 3.05) is 31.2 Å². The molecule has 0 N–H and O–H groups in total. The third-order valence-corrected chi connectivity index (χ3v) is 7.48. The molecule has 5 nitrogen and oxygen atoms in total. The van der Waals surface area contributed by atoms with Crippen LogP contribution in [0.2, 0.25) is 0 Å². The van der Waals surface area contributed by atoms with Crippen LogP contribution in [0.5, 0.6) is 0 Å². The van der Waals surface area contributed by atoms with Gasteiger partial charge in [-0.05, 0) is 77.2 Å². The molecule has 1 fully saturated rings. The molecule has 6 heteroatoms. The number of nitriles is 1. The number of nitrogens with zero attached hydrogens (tertiary/aromatic N) is 4. The molecule has 0 aliphatic carbocycles. The van der Waals surface area contributed by atoms with E-state index < -0.39 is 0 Å². The number of morpholine rings is 1. The van der Waals surface area contributed by atoms with E-state index in [0.29, 0.717) is 5.56 Å². The van der Waals surface area contributed by atoms with Crippen molar-refractivity contribution in [1.29, 1.82) is 5.26 Å². The van der Waals surface area contributed by atoms with Crippen molar-refractivity contribution in [2.45, 2.75) is 4.90 Å². The Kier molecular flexibility index (Phi) is 6.17. The number of ether oxygens (including phenoxy) is 1. The van der Waals surface area contributed by atoms with Gasteiger partial charge in [0.25, 0.3) is 0 Å². The minimum Gasteiger partial charge on any atom is -0.378 e. The van der Waals surface area contributed by atoms with Crippen LogP contribution >= 0.6 is 11.9 Å². The van der Waals surface area contributed by atoms with Crippen molar-refractivity contribution in [3.05, 3.63) is 103 Å². The molecule has 0 saturated carbocycles. The third-order valence-electron chi connectivity index (χ3n) is 6.44. The SMILES string of the molecule is N#Cc1cccc(-c2ccnc3c2cc(-c2ccc(N4CCOCC4)cc2)n3Sc2ccccc2)c1. The second kappa shape index (κ2) is 9.90. The fraction of sp³-hybridized carbons (Fsp3) is 0.133. The van der Waals surface area contributed by atoms with Crippen LogP contribution in [0.1, 0.15) is 5.56 Å². The van der Waals surface area contributed by atoms with Crippen LogP contribution in [0.25, 0.3) is 33.4 Å². The van der Waals surface area contributed by atoms with E-state index in [1.807, 2.05) is 42.6 Å². The van der Waals surface area contributed by atoms with Gasteiger partial charge in [0.05, 0.1) is 30.5 Å². The summed E-state index contributed by atoms with van der Waals surface area (Å²) in [5, 5.41) is 10.5. The van der Waals surface area contributed by atoms with E-state index in [9.17, 15) is 5.26 Å². The molecule has 0 bridgehead atoms. The van der Waals surface area contributed by atoms with Crippen LogP contribution in [0.4, 0.5) is 5.69 Å². The molecule has 0 unspecified atom stereocenters. The fourth-order valence-corrected chi connectivity index (χ4v) is 5.61. The van der Waals surface area contributed by atoms with Gasteiger partial charge < -0.3 is 9.64 Å². The summed E-state index contributed by atoms with van der Waals surface area (Å²) < 4.78 is 7.72. The molecule has 1 aliphatic heterocycles. The molecule has 0 spiro atoms. The molecule has 5 aromatic rings. The van der Waals surface area contributed by atoms with Crippen LogP contribution < -0.4 is 4.90 Å². The van der Waals surface area contributed by atoms with Gasteiger partial charge in [0.2, 0.25) is 0 Å². The normalized spacial score (nSPS) is 13.6. The summed E-state index contributed by atoms with van der Waals surface area (Å²) in [6, 6.07) is 33.4. The number of rotatable bonds is 5. The second-order valence-electron chi connectivity index (χ2n) is 8.66. The number of pyridine rings is 1. The van der Waals surface area contributed by atoms with Crippen molar-refractivity contribution >= 4 is 28.7 Å². The van der Waals surface area contributed by atoms with Crippen LogP contribution in [0.15, 0.2) is 102 Å². The quantitative estimate of drug-likeness (QED) is 0.278. The van der Waals surface area contributed by atoms with Crippen molar-refractivity contribution in [3.8, 4) is 28.5 Å². The van der Waals surface area contributed by atoms with Gasteiger partial charge in [0, 0.05) is 35.3 Å². The van der Waals surface area contributed by atoms with Crippen molar-refractivity contribution in [3.63, 3.8) is 0 Å². The molecule has 0 radical (unpaired) electrons. The minimum absolute atomic E-state index is 0.648. The summed E-state index contributed by atoms with van der Waals surface area (Å²) in [5.41, 5.74) is 7.06. The maximum atomic E-state index is 9.42. The maximum Gasteiger partial charge on any atom is 0.151 e. The van der Waals surface area contributed by atoms with Crippen molar-refractivity contribution < 1.29 is 4.74 Å². The zero-order valence-electron chi connectivity index (χ0n) is 19.7. The summed E-state index contributed by atoms with van der Waals surface area (Å²) in [5.74, 6) is 0. The van der Waals surface area contributed by atoms with E-state index in [2.05, 4.69) is 69.5 Å². The number of anilines is 1. The molecule has 176 valence electrons. The van der Waals surface area contributed by atoms with Gasteiger partial charge in [0.1, 0.15) is 0 Å². The Hall–Kier alpha value is -4.05. The van der Waals surface area contributed by atoms with Gasteiger partial charge in [0.15, 0.2) is 5.65 Å². The van der Waals surface area contributed by atoms with Gasteiger partial charge in [-0.25, -0.2) is 4.98 Å². The lowest BCUT2D eigenvalue weighted by atomic mass is 10.0. The molecular weight excluding hydrogens is 464 g/mol. The average Bonchev–Trinajstić information content (AvgIpc) is 3.32. The van der Waals surface area contributed by atoms with E-state index in [1.54, 1.807) is 11.9 Å². The molecule has 36 heavy (non-hydrogen) atoms. The number of fused-ring (bicyclic) bond motifs is 1. The van der Waals surface area contributed by atoms with E-state index in [0.717, 1.165) is 64.6 Å². The van der Waals surface area contributed by atoms with Crippen LogP contribution in [-0.2, 0) is 4.74 Å². The van der Waals surface area contributed by atoms with E-state index in [-0.39, 0.29) is 0 Å². The van der Waals surface area contributed by atoms with E-state index >= 15 is 0 Å². The summed E-state index contributed by atoms with van der Waals surface area (Å²) in [6.45, 7) is 3.37. The highest BCUT2D eigenvalue weighted by atomic mass is 32.2. The molecule has 1 saturated heterocycles. The Morgan fingerprint density at radius 1 is 0.833 bits per heavy atom. The molecule has 0 amide bonds. The standard InChI is InChI=1S/C30H24N4OS/c31-21-22-5-4-6-24(19-22)27-13-14-32-30-28(27)20-29(34(30)36-26-7-2-1-3-8-26)23-9-11-25(12-10-23)33-15-17-35-18-16-33/h1-14,19-20H,15-18H2. The van der Waals surface area contributed by atoms with Crippen LogP contribution in [0.3, 0.4) is 0 Å². The summed E-state index contributed by atoms with van der Waals surface area (Å²) in [4.78, 5) is 8.30. The Bertz CT molecular complexity index is 1550. The monoisotopic (exact) mass is 488 g/mol. The zero-order valence-corrected chi connectivity index (χ0v) is 20.5. The van der Waals surface area contributed by atoms with Gasteiger partial charge >= 0.3 is 0 Å². The Morgan fingerprint density at radius 3 is 2.42 bits per heavy atom. The maximum absolute atomic E-state index is 9.42.